The van der Waals surface area contributed by atoms with Gasteiger partial charge in [-0.3, -0.25) is 24.6 Å². The molecule has 2 heterocycles. The van der Waals surface area contributed by atoms with Crippen LogP contribution in [0.3, 0.4) is 0 Å². The molecule has 0 atom stereocenters. The van der Waals surface area contributed by atoms with E-state index in [0.717, 1.165) is 43.6 Å². The van der Waals surface area contributed by atoms with Gasteiger partial charge in [0.15, 0.2) is 0 Å². The van der Waals surface area contributed by atoms with Gasteiger partial charge < -0.3 is 0 Å². The van der Waals surface area contributed by atoms with Gasteiger partial charge in [0.2, 0.25) is 0 Å². The van der Waals surface area contributed by atoms with Gasteiger partial charge in [0.05, 0.1) is 23.3 Å². The second kappa shape index (κ2) is 7.46. The van der Waals surface area contributed by atoms with Crippen LogP contribution in [-0.4, -0.2) is 50.7 Å². The normalized spacial score (nSPS) is 16.0. The Labute approximate surface area is 157 Å². The predicted molar refractivity (Wildman–Crippen MR) is 104 cm³/mol. The zero-order valence-electron chi connectivity index (χ0n) is 15.4. The topological polar surface area (TPSA) is 67.4 Å². The molecule has 0 saturated carbocycles. The number of benzene rings is 2. The highest BCUT2D eigenvalue weighted by Gasteiger charge is 2.19. The van der Waals surface area contributed by atoms with Gasteiger partial charge in [-0.05, 0) is 24.1 Å². The highest BCUT2D eigenvalue weighted by atomic mass is 16.6. The Balaban J connectivity index is 1.39. The van der Waals surface area contributed by atoms with Gasteiger partial charge in [0.1, 0.15) is 0 Å². The highest BCUT2D eigenvalue weighted by molar-refractivity contribution is 5.80. The lowest BCUT2D eigenvalue weighted by Crippen LogP contribution is -2.46. The second-order valence-corrected chi connectivity index (χ2v) is 7.11. The molecule has 7 nitrogen and oxygen atoms in total. The van der Waals surface area contributed by atoms with Crippen LogP contribution in [0, 0.1) is 17.0 Å². The van der Waals surface area contributed by atoms with Gasteiger partial charge in [-0.1, -0.05) is 24.3 Å². The quantitative estimate of drug-likeness (QED) is 0.514. The Hall–Kier alpha value is -2.77. The lowest BCUT2D eigenvalue weighted by molar-refractivity contribution is -0.384. The summed E-state index contributed by atoms with van der Waals surface area (Å²) >= 11 is 0. The van der Waals surface area contributed by atoms with E-state index >= 15 is 0 Å². The molecule has 1 fully saturated rings. The third kappa shape index (κ3) is 3.84. The first kappa shape index (κ1) is 17.6. The minimum absolute atomic E-state index is 0.104. The van der Waals surface area contributed by atoms with Crippen LogP contribution in [0.25, 0.3) is 10.9 Å². The largest absolute Gasteiger partial charge is 0.297 e. The van der Waals surface area contributed by atoms with Gasteiger partial charge in [-0.15, -0.1) is 0 Å². The summed E-state index contributed by atoms with van der Waals surface area (Å²) in [5, 5.41) is 16.4. The zero-order valence-corrected chi connectivity index (χ0v) is 15.4. The number of nitrogens with zero attached hydrogens (tertiary/aromatic N) is 5. The molecule has 0 bridgehead atoms. The number of non-ortho nitro benzene ring substituents is 1. The van der Waals surface area contributed by atoms with E-state index in [2.05, 4.69) is 46.1 Å². The van der Waals surface area contributed by atoms with E-state index in [9.17, 15) is 10.1 Å². The van der Waals surface area contributed by atoms with Crippen molar-refractivity contribution < 1.29 is 4.92 Å². The van der Waals surface area contributed by atoms with E-state index in [4.69, 9.17) is 0 Å². The van der Waals surface area contributed by atoms with Crippen molar-refractivity contribution in [2.24, 2.45) is 0 Å². The number of hydrogen-bond donors (Lipinski definition) is 0. The molecule has 0 amide bonds. The minimum atomic E-state index is -0.360. The molecule has 0 spiro atoms. The first-order valence-corrected chi connectivity index (χ1v) is 9.19. The van der Waals surface area contributed by atoms with Crippen LogP contribution in [-0.2, 0) is 13.2 Å². The number of aromatic nitrogens is 2. The van der Waals surface area contributed by atoms with E-state index in [-0.39, 0.29) is 10.6 Å². The van der Waals surface area contributed by atoms with Crippen molar-refractivity contribution in [1.29, 1.82) is 0 Å². The number of piperazine rings is 1. The molecule has 1 aliphatic heterocycles. The van der Waals surface area contributed by atoms with E-state index in [1.54, 1.807) is 18.3 Å². The highest BCUT2D eigenvalue weighted by Crippen LogP contribution is 2.21. The molecule has 0 aliphatic carbocycles. The van der Waals surface area contributed by atoms with E-state index < -0.39 is 0 Å². The van der Waals surface area contributed by atoms with E-state index in [1.807, 2.05) is 4.68 Å². The average molecular weight is 365 g/mol. The third-order valence-electron chi connectivity index (χ3n) is 5.29. The molecule has 7 heteroatoms. The van der Waals surface area contributed by atoms with Crippen LogP contribution >= 0.6 is 0 Å². The maximum absolute atomic E-state index is 11.0. The maximum atomic E-state index is 11.0. The number of hydrogen-bond acceptors (Lipinski definition) is 5. The fraction of sp³-hybridized carbons (Fsp3) is 0.350. The lowest BCUT2D eigenvalue weighted by Gasteiger charge is -2.34. The van der Waals surface area contributed by atoms with E-state index in [1.165, 1.54) is 17.2 Å². The Bertz CT molecular complexity index is 960. The van der Waals surface area contributed by atoms with Crippen LogP contribution in [0.1, 0.15) is 11.1 Å². The summed E-state index contributed by atoms with van der Waals surface area (Å²) in [5.74, 6) is 0. The maximum Gasteiger partial charge on any atom is 0.271 e. The first-order valence-electron chi connectivity index (χ1n) is 9.19. The molecule has 2 aromatic carbocycles. The smallest absolute Gasteiger partial charge is 0.271 e. The van der Waals surface area contributed by atoms with Crippen LogP contribution in [0.15, 0.2) is 48.7 Å². The fourth-order valence-corrected chi connectivity index (χ4v) is 3.59. The number of nitro groups is 1. The Morgan fingerprint density at radius 2 is 1.81 bits per heavy atom. The molecule has 0 radical (unpaired) electrons. The van der Waals surface area contributed by atoms with Gasteiger partial charge >= 0.3 is 0 Å². The summed E-state index contributed by atoms with van der Waals surface area (Å²) in [6.07, 6.45) is 1.77. The first-order chi connectivity index (χ1) is 13.1. The SMILES string of the molecule is Cc1ccccc1CN1CCN(Cn2ncc3ccc([N+](=O)[O-])cc32)CC1. The number of aryl methyl sites for hydroxylation is 1. The van der Waals surface area contributed by atoms with Crippen molar-refractivity contribution in [3.8, 4) is 0 Å². The predicted octanol–water partition coefficient (Wildman–Crippen LogP) is 3.03. The number of rotatable bonds is 5. The summed E-state index contributed by atoms with van der Waals surface area (Å²) in [6, 6.07) is 13.4. The van der Waals surface area contributed by atoms with Crippen LogP contribution in [0.4, 0.5) is 5.69 Å². The van der Waals surface area contributed by atoms with Crippen LogP contribution in [0.2, 0.25) is 0 Å². The van der Waals surface area contributed by atoms with Crippen LogP contribution < -0.4 is 0 Å². The molecule has 0 unspecified atom stereocenters. The third-order valence-corrected chi connectivity index (χ3v) is 5.29. The zero-order chi connectivity index (χ0) is 18.8. The summed E-state index contributed by atoms with van der Waals surface area (Å²) in [5.41, 5.74) is 3.64. The van der Waals surface area contributed by atoms with Crippen molar-refractivity contribution >= 4 is 16.6 Å². The molecular formula is C20H23N5O2. The summed E-state index contributed by atoms with van der Waals surface area (Å²) in [4.78, 5) is 15.5. The standard InChI is InChI=1S/C20H23N5O2/c1-16-4-2-3-5-18(16)14-22-8-10-23(11-9-22)15-24-20-12-19(25(26)27)7-6-17(20)13-21-24/h2-7,12-13H,8-11,14-15H2,1H3. The lowest BCUT2D eigenvalue weighted by atomic mass is 10.1. The van der Waals surface area contributed by atoms with Crippen molar-refractivity contribution in [2.75, 3.05) is 26.2 Å². The van der Waals surface area contributed by atoms with Crippen molar-refractivity contribution in [3.05, 3.63) is 69.9 Å². The summed E-state index contributed by atoms with van der Waals surface area (Å²) in [6.45, 7) is 7.74. The molecule has 3 aromatic rings. The molecule has 1 saturated heterocycles. The second-order valence-electron chi connectivity index (χ2n) is 7.11. The van der Waals surface area contributed by atoms with Crippen molar-refractivity contribution in [3.63, 3.8) is 0 Å². The Morgan fingerprint density at radius 1 is 1.07 bits per heavy atom. The monoisotopic (exact) mass is 365 g/mol. The summed E-state index contributed by atoms with van der Waals surface area (Å²) in [7, 11) is 0. The number of nitro benzene ring substituents is 1. The number of fused-ring (bicyclic) bond motifs is 1. The minimum Gasteiger partial charge on any atom is -0.297 e. The molecular weight excluding hydrogens is 342 g/mol. The van der Waals surface area contributed by atoms with Crippen LogP contribution in [0.5, 0.6) is 0 Å². The fourth-order valence-electron chi connectivity index (χ4n) is 3.59. The Kier molecular flexibility index (Phi) is 4.87. The van der Waals surface area contributed by atoms with E-state index in [0.29, 0.717) is 6.67 Å². The molecule has 4 rings (SSSR count). The molecule has 1 aromatic heterocycles. The summed E-state index contributed by atoms with van der Waals surface area (Å²) < 4.78 is 1.86. The van der Waals surface area contributed by atoms with Crippen molar-refractivity contribution in [2.45, 2.75) is 20.1 Å². The van der Waals surface area contributed by atoms with Gasteiger partial charge in [0.25, 0.3) is 5.69 Å². The molecule has 27 heavy (non-hydrogen) atoms. The molecule has 140 valence electrons. The van der Waals surface area contributed by atoms with Gasteiger partial charge in [0, 0.05) is 50.2 Å². The molecule has 0 N–H and O–H groups in total. The Morgan fingerprint density at radius 3 is 2.56 bits per heavy atom. The average Bonchev–Trinajstić information content (AvgIpc) is 3.07. The molecule has 1 aliphatic rings. The van der Waals surface area contributed by atoms with Gasteiger partial charge in [-0.2, -0.15) is 5.10 Å². The van der Waals surface area contributed by atoms with Crippen molar-refractivity contribution in [1.82, 2.24) is 19.6 Å². The van der Waals surface area contributed by atoms with Gasteiger partial charge in [-0.25, -0.2) is 0 Å².